The normalized spacial score (nSPS) is 10.8. The lowest BCUT2D eigenvalue weighted by atomic mass is 10.2. The number of hydrogen-bond donors (Lipinski definition) is 2. The smallest absolute Gasteiger partial charge is 0.254 e. The third-order valence-corrected chi connectivity index (χ3v) is 5.72. The standard InChI is InChI=1S/C24H19BrCl2FN3O3/c25-19-11-15(5-8-22(19)34-14-16-6-7-17(26)12-20(16)27)13-30-31-23(32)9-10-29-24(33)18-3-1-2-4-21(18)28/h1-8,11-13H,9-10,14H2,(H,29,33)(H,31,32). The van der Waals surface area contributed by atoms with Gasteiger partial charge in [0, 0.05) is 28.6 Å². The molecule has 0 bridgehead atoms. The third-order valence-electron chi connectivity index (χ3n) is 4.51. The number of carbonyl (C=O) groups is 2. The number of nitrogens with one attached hydrogen (secondary N) is 2. The fraction of sp³-hybridized carbons (Fsp3) is 0.125. The zero-order chi connectivity index (χ0) is 24.5. The number of hydrazone groups is 1. The summed E-state index contributed by atoms with van der Waals surface area (Å²) in [7, 11) is 0. The van der Waals surface area contributed by atoms with Gasteiger partial charge in [0.15, 0.2) is 0 Å². The van der Waals surface area contributed by atoms with Crippen LogP contribution >= 0.6 is 39.1 Å². The molecule has 0 fully saturated rings. The second-order valence-electron chi connectivity index (χ2n) is 6.99. The summed E-state index contributed by atoms with van der Waals surface area (Å²) in [6, 6.07) is 16.1. The average Bonchev–Trinajstić information content (AvgIpc) is 2.80. The molecule has 0 aliphatic rings. The van der Waals surface area contributed by atoms with Crippen LogP contribution in [0, 0.1) is 5.82 Å². The van der Waals surface area contributed by atoms with Crippen molar-refractivity contribution in [3.8, 4) is 5.75 Å². The first-order valence-electron chi connectivity index (χ1n) is 10.0. The zero-order valence-electron chi connectivity index (χ0n) is 17.7. The van der Waals surface area contributed by atoms with Gasteiger partial charge in [-0.05, 0) is 64.0 Å². The summed E-state index contributed by atoms with van der Waals surface area (Å²) in [6.07, 6.45) is 1.46. The summed E-state index contributed by atoms with van der Waals surface area (Å²) >= 11 is 15.5. The van der Waals surface area contributed by atoms with Gasteiger partial charge < -0.3 is 10.1 Å². The van der Waals surface area contributed by atoms with Crippen molar-refractivity contribution < 1.29 is 18.7 Å². The Morgan fingerprint density at radius 2 is 1.88 bits per heavy atom. The van der Waals surface area contributed by atoms with E-state index in [2.05, 4.69) is 31.8 Å². The Hall–Kier alpha value is -2.94. The number of halogens is 4. The molecular weight excluding hydrogens is 548 g/mol. The molecule has 0 aromatic heterocycles. The van der Waals surface area contributed by atoms with E-state index in [1.54, 1.807) is 42.5 Å². The van der Waals surface area contributed by atoms with Crippen LogP contribution in [0.5, 0.6) is 5.75 Å². The lowest BCUT2D eigenvalue weighted by Gasteiger charge is -2.10. The van der Waals surface area contributed by atoms with Crippen LogP contribution < -0.4 is 15.5 Å². The molecule has 176 valence electrons. The summed E-state index contributed by atoms with van der Waals surface area (Å²) in [5.74, 6) is -0.993. The maximum absolute atomic E-state index is 13.6. The van der Waals surface area contributed by atoms with Crippen LogP contribution in [0.3, 0.4) is 0 Å². The predicted octanol–water partition coefficient (Wildman–Crippen LogP) is 5.74. The highest BCUT2D eigenvalue weighted by molar-refractivity contribution is 9.10. The molecule has 0 saturated carbocycles. The van der Waals surface area contributed by atoms with Crippen LogP contribution in [0.15, 0.2) is 70.2 Å². The predicted molar refractivity (Wildman–Crippen MR) is 134 cm³/mol. The molecular formula is C24H19BrCl2FN3O3. The zero-order valence-corrected chi connectivity index (χ0v) is 20.8. The second kappa shape index (κ2) is 12.5. The van der Waals surface area contributed by atoms with Crippen LogP contribution in [-0.4, -0.2) is 24.6 Å². The number of ether oxygens (including phenoxy) is 1. The van der Waals surface area contributed by atoms with Crippen molar-refractivity contribution in [3.05, 3.63) is 97.7 Å². The molecule has 0 heterocycles. The van der Waals surface area contributed by atoms with E-state index in [1.807, 2.05) is 0 Å². The van der Waals surface area contributed by atoms with Gasteiger partial charge in [-0.2, -0.15) is 5.10 Å². The Labute approximate surface area is 214 Å². The molecule has 0 saturated heterocycles. The Balaban J connectivity index is 1.44. The molecule has 0 aliphatic heterocycles. The summed E-state index contributed by atoms with van der Waals surface area (Å²) in [4.78, 5) is 23.8. The van der Waals surface area contributed by atoms with E-state index in [0.717, 1.165) is 11.1 Å². The van der Waals surface area contributed by atoms with Gasteiger partial charge in [0.1, 0.15) is 18.2 Å². The van der Waals surface area contributed by atoms with Crippen LogP contribution in [0.4, 0.5) is 4.39 Å². The number of rotatable bonds is 9. The van der Waals surface area contributed by atoms with Crippen molar-refractivity contribution in [2.75, 3.05) is 6.54 Å². The fourth-order valence-corrected chi connectivity index (χ4v) is 3.75. The van der Waals surface area contributed by atoms with E-state index in [9.17, 15) is 14.0 Å². The molecule has 2 N–H and O–H groups in total. The van der Waals surface area contributed by atoms with Gasteiger partial charge in [0.2, 0.25) is 5.91 Å². The maximum atomic E-state index is 13.6. The third kappa shape index (κ3) is 7.55. The summed E-state index contributed by atoms with van der Waals surface area (Å²) in [5, 5.41) is 7.48. The van der Waals surface area contributed by atoms with E-state index in [-0.39, 0.29) is 25.1 Å². The Kier molecular flexibility index (Phi) is 9.44. The van der Waals surface area contributed by atoms with E-state index >= 15 is 0 Å². The van der Waals surface area contributed by atoms with Gasteiger partial charge in [-0.15, -0.1) is 0 Å². The number of benzene rings is 3. The van der Waals surface area contributed by atoms with Gasteiger partial charge in [-0.25, -0.2) is 9.82 Å². The SMILES string of the molecule is O=C(CCNC(=O)c1ccccc1F)NN=Cc1ccc(OCc2ccc(Cl)cc2Cl)c(Br)c1. The molecule has 6 nitrogen and oxygen atoms in total. The topological polar surface area (TPSA) is 79.8 Å². The molecule has 2 amide bonds. The van der Waals surface area contributed by atoms with Gasteiger partial charge in [-0.1, -0.05) is 41.4 Å². The number of carbonyl (C=O) groups excluding carboxylic acids is 2. The maximum Gasteiger partial charge on any atom is 0.254 e. The fourth-order valence-electron chi connectivity index (χ4n) is 2.77. The first-order chi connectivity index (χ1) is 16.3. The summed E-state index contributed by atoms with van der Waals surface area (Å²) < 4.78 is 20.1. The van der Waals surface area contributed by atoms with Crippen LogP contribution in [-0.2, 0) is 11.4 Å². The highest BCUT2D eigenvalue weighted by Crippen LogP contribution is 2.28. The molecule has 10 heteroatoms. The number of hydrogen-bond acceptors (Lipinski definition) is 4. The minimum absolute atomic E-state index is 0.0126. The molecule has 0 radical (unpaired) electrons. The highest BCUT2D eigenvalue weighted by Gasteiger charge is 2.11. The van der Waals surface area contributed by atoms with E-state index in [4.69, 9.17) is 27.9 Å². The molecule has 0 atom stereocenters. The molecule has 3 aromatic carbocycles. The Bertz CT molecular complexity index is 1220. The minimum Gasteiger partial charge on any atom is -0.488 e. The monoisotopic (exact) mass is 565 g/mol. The quantitative estimate of drug-likeness (QED) is 0.256. The Morgan fingerprint density at radius 1 is 1.09 bits per heavy atom. The van der Waals surface area contributed by atoms with Crippen LogP contribution in [0.2, 0.25) is 10.0 Å². The van der Waals surface area contributed by atoms with Crippen molar-refractivity contribution in [3.63, 3.8) is 0 Å². The van der Waals surface area contributed by atoms with Crippen molar-refractivity contribution in [1.29, 1.82) is 0 Å². The first kappa shape index (κ1) is 25.7. The molecule has 3 rings (SSSR count). The number of nitrogens with zero attached hydrogens (tertiary/aromatic N) is 1. The van der Waals surface area contributed by atoms with Crippen LogP contribution in [0.1, 0.15) is 27.9 Å². The molecule has 34 heavy (non-hydrogen) atoms. The molecule has 0 spiro atoms. The first-order valence-corrected chi connectivity index (χ1v) is 11.6. The second-order valence-corrected chi connectivity index (χ2v) is 8.69. The lowest BCUT2D eigenvalue weighted by Crippen LogP contribution is -2.29. The van der Waals surface area contributed by atoms with Crippen molar-refractivity contribution in [2.24, 2.45) is 5.10 Å². The van der Waals surface area contributed by atoms with E-state index in [1.165, 1.54) is 24.4 Å². The number of amides is 2. The highest BCUT2D eigenvalue weighted by atomic mass is 79.9. The summed E-state index contributed by atoms with van der Waals surface area (Å²) in [6.45, 7) is 0.315. The average molecular weight is 567 g/mol. The lowest BCUT2D eigenvalue weighted by molar-refractivity contribution is -0.120. The Morgan fingerprint density at radius 3 is 2.62 bits per heavy atom. The van der Waals surface area contributed by atoms with Gasteiger partial charge in [0.25, 0.3) is 5.91 Å². The van der Waals surface area contributed by atoms with Gasteiger partial charge in [-0.3, -0.25) is 9.59 Å². The van der Waals surface area contributed by atoms with Crippen molar-refractivity contribution in [2.45, 2.75) is 13.0 Å². The summed E-state index contributed by atoms with van der Waals surface area (Å²) in [5.41, 5.74) is 3.83. The molecule has 3 aromatic rings. The largest absolute Gasteiger partial charge is 0.488 e. The molecule has 0 unspecified atom stereocenters. The van der Waals surface area contributed by atoms with Crippen LogP contribution in [0.25, 0.3) is 0 Å². The van der Waals surface area contributed by atoms with E-state index < -0.39 is 17.6 Å². The van der Waals surface area contributed by atoms with Gasteiger partial charge in [0.05, 0.1) is 16.3 Å². The van der Waals surface area contributed by atoms with Crippen molar-refractivity contribution >= 4 is 57.2 Å². The molecule has 0 aliphatic carbocycles. The minimum atomic E-state index is -0.620. The van der Waals surface area contributed by atoms with Crippen molar-refractivity contribution in [1.82, 2.24) is 10.7 Å². The van der Waals surface area contributed by atoms with E-state index in [0.29, 0.717) is 20.3 Å². The van der Waals surface area contributed by atoms with Gasteiger partial charge >= 0.3 is 0 Å².